The van der Waals surface area contributed by atoms with Crippen molar-refractivity contribution in [1.29, 1.82) is 0 Å². The van der Waals surface area contributed by atoms with Crippen LogP contribution >= 0.6 is 0 Å². The number of amides is 1. The van der Waals surface area contributed by atoms with Gasteiger partial charge in [0.05, 0.1) is 17.1 Å². The highest BCUT2D eigenvalue weighted by Gasteiger charge is 2.17. The minimum absolute atomic E-state index is 0.162. The first kappa shape index (κ1) is 22.6. The average molecular weight is 418 g/mol. The Morgan fingerprint density at radius 3 is 2.24 bits per heavy atom. The Balaban J connectivity index is 1.78. The lowest BCUT2D eigenvalue weighted by atomic mass is 9.99. The molecule has 0 saturated carbocycles. The summed E-state index contributed by atoms with van der Waals surface area (Å²) in [5.74, 6) is -1.14. The molecule has 2 aromatic carbocycles. The number of rotatable bonds is 9. The molecule has 0 aliphatic heterocycles. The number of anilines is 1. The van der Waals surface area contributed by atoms with Crippen LogP contribution in [0.2, 0.25) is 0 Å². The van der Waals surface area contributed by atoms with Gasteiger partial charge in [0.2, 0.25) is 0 Å². The van der Waals surface area contributed by atoms with Gasteiger partial charge in [0.1, 0.15) is 0 Å². The molecule has 0 heterocycles. The predicted molar refractivity (Wildman–Crippen MR) is 113 cm³/mol. The summed E-state index contributed by atoms with van der Waals surface area (Å²) >= 11 is 0. The minimum atomic E-state index is -3.57. The molecular formula is C22H27NO5S. The number of esters is 1. The first-order valence-electron chi connectivity index (χ1n) is 9.56. The monoisotopic (exact) mass is 417 g/mol. The Morgan fingerprint density at radius 2 is 1.66 bits per heavy atom. The van der Waals surface area contributed by atoms with Crippen molar-refractivity contribution >= 4 is 27.4 Å². The molecule has 7 heteroatoms. The number of benzene rings is 2. The Hall–Kier alpha value is -2.67. The zero-order valence-corrected chi connectivity index (χ0v) is 17.8. The average Bonchev–Trinajstić information content (AvgIpc) is 2.71. The van der Waals surface area contributed by atoms with Gasteiger partial charge in [-0.05, 0) is 49.1 Å². The molecular weight excluding hydrogens is 390 g/mol. The van der Waals surface area contributed by atoms with E-state index in [-0.39, 0.29) is 17.1 Å². The number of hydrogen-bond donors (Lipinski definition) is 1. The van der Waals surface area contributed by atoms with Crippen molar-refractivity contribution in [3.05, 3.63) is 59.7 Å². The molecule has 1 atom stereocenters. The summed E-state index contributed by atoms with van der Waals surface area (Å²) in [6.07, 6.45) is 0.717. The molecule has 0 spiro atoms. The van der Waals surface area contributed by atoms with E-state index in [2.05, 4.69) is 19.2 Å². The number of hydrogen-bond acceptors (Lipinski definition) is 5. The van der Waals surface area contributed by atoms with Gasteiger partial charge in [-0.3, -0.25) is 9.59 Å². The van der Waals surface area contributed by atoms with Crippen molar-refractivity contribution in [2.45, 2.75) is 44.4 Å². The van der Waals surface area contributed by atoms with E-state index in [1.807, 2.05) is 19.1 Å². The van der Waals surface area contributed by atoms with Gasteiger partial charge in [-0.25, -0.2) is 8.42 Å². The van der Waals surface area contributed by atoms with Crippen molar-refractivity contribution in [3.63, 3.8) is 0 Å². The lowest BCUT2D eigenvalue weighted by molar-refractivity contribution is -0.146. The molecule has 2 rings (SSSR count). The molecule has 0 aliphatic rings. The fourth-order valence-electron chi connectivity index (χ4n) is 2.63. The van der Waals surface area contributed by atoms with Crippen molar-refractivity contribution in [3.8, 4) is 0 Å². The van der Waals surface area contributed by atoms with Crippen LogP contribution in [0.5, 0.6) is 0 Å². The number of carbonyl (C=O) groups is 2. The Bertz CT molecular complexity index is 934. The maximum absolute atomic E-state index is 12.2. The largest absolute Gasteiger partial charge is 0.456 e. The molecule has 156 valence electrons. The van der Waals surface area contributed by atoms with Gasteiger partial charge in [0.15, 0.2) is 16.4 Å². The molecule has 0 saturated heterocycles. The third-order valence-electron chi connectivity index (χ3n) is 4.70. The second-order valence-corrected chi connectivity index (χ2v) is 9.13. The van der Waals surface area contributed by atoms with Gasteiger partial charge in [-0.2, -0.15) is 0 Å². The van der Waals surface area contributed by atoms with Crippen LogP contribution in [0.1, 0.15) is 43.7 Å². The van der Waals surface area contributed by atoms with Crippen LogP contribution in [-0.4, -0.2) is 32.7 Å². The maximum atomic E-state index is 12.2. The Morgan fingerprint density at radius 1 is 1.03 bits per heavy atom. The molecule has 1 N–H and O–H groups in total. The summed E-state index contributed by atoms with van der Waals surface area (Å²) < 4.78 is 29.4. The van der Waals surface area contributed by atoms with Gasteiger partial charge in [-0.1, -0.05) is 43.7 Å². The zero-order chi connectivity index (χ0) is 21.4. The van der Waals surface area contributed by atoms with E-state index >= 15 is 0 Å². The third kappa shape index (κ3) is 7.02. The quantitative estimate of drug-likeness (QED) is 0.626. The van der Waals surface area contributed by atoms with Gasteiger partial charge in [0, 0.05) is 5.69 Å². The van der Waals surface area contributed by atoms with E-state index in [4.69, 9.17) is 4.74 Å². The highest BCUT2D eigenvalue weighted by molar-refractivity contribution is 7.91. The molecule has 0 bridgehead atoms. The van der Waals surface area contributed by atoms with Gasteiger partial charge < -0.3 is 10.1 Å². The van der Waals surface area contributed by atoms with E-state index in [1.165, 1.54) is 17.7 Å². The lowest BCUT2D eigenvalue weighted by Gasteiger charge is -2.11. The topological polar surface area (TPSA) is 89.5 Å². The van der Waals surface area contributed by atoms with Gasteiger partial charge in [0.25, 0.3) is 5.91 Å². The van der Waals surface area contributed by atoms with Gasteiger partial charge >= 0.3 is 5.97 Å². The minimum Gasteiger partial charge on any atom is -0.456 e. The molecule has 0 aliphatic carbocycles. The smallest absolute Gasteiger partial charge is 0.307 e. The summed E-state index contributed by atoms with van der Waals surface area (Å²) in [7, 11) is -3.57. The molecule has 0 fully saturated rings. The van der Waals surface area contributed by atoms with E-state index in [1.54, 1.807) is 24.3 Å². The number of aryl methyl sites for hydroxylation is 1. The Labute approximate surface area is 172 Å². The molecule has 1 amide bonds. The molecule has 29 heavy (non-hydrogen) atoms. The summed E-state index contributed by atoms with van der Waals surface area (Å²) in [6.45, 7) is 5.64. The van der Waals surface area contributed by atoms with Crippen LogP contribution < -0.4 is 5.32 Å². The number of sulfone groups is 1. The van der Waals surface area contributed by atoms with Crippen molar-refractivity contribution in [2.24, 2.45) is 0 Å². The van der Waals surface area contributed by atoms with Crippen LogP contribution in [0.25, 0.3) is 0 Å². The number of nitrogens with one attached hydrogen (secondary N) is 1. The SMILES string of the molecule is CC[C@@H](C)c1ccc(NC(=O)COC(=O)CCS(=O)(=O)c2ccc(C)cc2)cc1. The maximum Gasteiger partial charge on any atom is 0.307 e. The Kier molecular flexibility index (Phi) is 7.96. The summed E-state index contributed by atoms with van der Waals surface area (Å²) in [6, 6.07) is 13.9. The highest BCUT2D eigenvalue weighted by Crippen LogP contribution is 2.20. The molecule has 0 unspecified atom stereocenters. The molecule has 0 radical (unpaired) electrons. The van der Waals surface area contributed by atoms with Crippen LogP contribution in [-0.2, 0) is 24.2 Å². The predicted octanol–water partition coefficient (Wildman–Crippen LogP) is 3.85. The van der Waals surface area contributed by atoms with E-state index < -0.39 is 28.3 Å². The van der Waals surface area contributed by atoms with Crippen LogP contribution in [0, 0.1) is 6.92 Å². The second-order valence-electron chi connectivity index (χ2n) is 7.02. The summed E-state index contributed by atoms with van der Waals surface area (Å²) in [5.41, 5.74) is 2.75. The van der Waals surface area contributed by atoms with Crippen molar-refractivity contribution in [2.75, 3.05) is 17.7 Å². The first-order valence-corrected chi connectivity index (χ1v) is 11.2. The van der Waals surface area contributed by atoms with E-state index in [0.717, 1.165) is 12.0 Å². The second kappa shape index (κ2) is 10.2. The number of carbonyl (C=O) groups excluding carboxylic acids is 2. The molecule has 6 nitrogen and oxygen atoms in total. The van der Waals surface area contributed by atoms with E-state index in [0.29, 0.717) is 11.6 Å². The molecule has 2 aromatic rings. The summed E-state index contributed by atoms with van der Waals surface area (Å²) in [4.78, 5) is 23.9. The van der Waals surface area contributed by atoms with Crippen molar-refractivity contribution < 1.29 is 22.7 Å². The van der Waals surface area contributed by atoms with E-state index in [9.17, 15) is 18.0 Å². The first-order chi connectivity index (χ1) is 13.7. The normalized spacial score (nSPS) is 12.2. The van der Waals surface area contributed by atoms with Crippen LogP contribution in [0.3, 0.4) is 0 Å². The zero-order valence-electron chi connectivity index (χ0n) is 17.0. The van der Waals surface area contributed by atoms with Gasteiger partial charge in [-0.15, -0.1) is 0 Å². The summed E-state index contributed by atoms with van der Waals surface area (Å²) in [5, 5.41) is 2.65. The van der Waals surface area contributed by atoms with Crippen LogP contribution in [0.15, 0.2) is 53.4 Å². The third-order valence-corrected chi connectivity index (χ3v) is 6.43. The highest BCUT2D eigenvalue weighted by atomic mass is 32.2. The fraction of sp³-hybridized carbons (Fsp3) is 0.364. The standard InChI is InChI=1S/C22H27NO5S/c1-4-17(3)18-7-9-19(10-8-18)23-21(24)15-28-22(25)13-14-29(26,27)20-11-5-16(2)6-12-20/h5-12,17H,4,13-15H2,1-3H3,(H,23,24)/t17-/m1/s1. The lowest BCUT2D eigenvalue weighted by Crippen LogP contribution is -2.22. The molecule has 0 aromatic heterocycles. The number of ether oxygens (including phenoxy) is 1. The fourth-order valence-corrected chi connectivity index (χ4v) is 3.85. The van der Waals surface area contributed by atoms with Crippen molar-refractivity contribution in [1.82, 2.24) is 0 Å². The van der Waals surface area contributed by atoms with Crippen LogP contribution in [0.4, 0.5) is 5.69 Å².